The lowest BCUT2D eigenvalue weighted by molar-refractivity contribution is 0.0369. The number of aliphatic imine (C=N–C) groups is 1. The lowest BCUT2D eigenvalue weighted by Crippen LogP contribution is -2.37. The number of anilines is 1. The monoisotopic (exact) mass is 594 g/mol. The molecule has 0 spiro atoms. The van der Waals surface area contributed by atoms with Crippen molar-refractivity contribution < 1.29 is 13.9 Å². The van der Waals surface area contributed by atoms with Gasteiger partial charge in [0.2, 0.25) is 0 Å². The molecule has 1 N–H and O–H groups in total. The zero-order valence-electron chi connectivity index (χ0n) is 25.4. The lowest BCUT2D eigenvalue weighted by atomic mass is 10.2. The van der Waals surface area contributed by atoms with E-state index in [1.807, 2.05) is 12.1 Å². The van der Waals surface area contributed by atoms with Crippen LogP contribution >= 0.6 is 0 Å². The van der Waals surface area contributed by atoms with Gasteiger partial charge in [-0.3, -0.25) is 9.80 Å². The summed E-state index contributed by atoms with van der Waals surface area (Å²) in [6.45, 7) is 11.6. The number of hydrogen-bond donors (Lipinski definition) is 1. The van der Waals surface area contributed by atoms with Crippen LogP contribution < -0.4 is 5.32 Å². The predicted molar refractivity (Wildman–Crippen MR) is 176 cm³/mol. The van der Waals surface area contributed by atoms with Gasteiger partial charge in [0.1, 0.15) is 0 Å². The molecule has 0 amide bonds. The molecule has 0 radical (unpaired) electrons. The van der Waals surface area contributed by atoms with Gasteiger partial charge in [0, 0.05) is 70.4 Å². The molecule has 0 bridgehead atoms. The van der Waals surface area contributed by atoms with Crippen LogP contribution in [0.25, 0.3) is 21.8 Å². The van der Waals surface area contributed by atoms with Crippen LogP contribution in [0.4, 0.5) is 11.4 Å². The van der Waals surface area contributed by atoms with Crippen LogP contribution in [0.1, 0.15) is 18.6 Å². The molecule has 0 saturated carbocycles. The highest BCUT2D eigenvalue weighted by atomic mass is 16.5. The van der Waals surface area contributed by atoms with Gasteiger partial charge in [-0.05, 0) is 72.1 Å². The lowest BCUT2D eigenvalue weighted by Gasteiger charge is -2.26. The highest BCUT2D eigenvalue weighted by Gasteiger charge is 2.13. The Balaban J connectivity index is 1.08. The Morgan fingerprint density at radius 1 is 0.682 bits per heavy atom. The molecule has 2 aliphatic rings. The fourth-order valence-electron chi connectivity index (χ4n) is 6.30. The third kappa shape index (κ3) is 6.92. The van der Waals surface area contributed by atoms with E-state index >= 15 is 0 Å². The molecule has 3 aromatic heterocycles. The van der Waals surface area contributed by atoms with Gasteiger partial charge < -0.3 is 28.3 Å². The number of morpholine rings is 2. The summed E-state index contributed by atoms with van der Waals surface area (Å²) in [5.74, 6) is 1.39. The van der Waals surface area contributed by atoms with Crippen LogP contribution in [0.15, 0.2) is 88.7 Å². The predicted octanol–water partition coefficient (Wildman–Crippen LogP) is 5.82. The Morgan fingerprint density at radius 3 is 1.91 bits per heavy atom. The summed E-state index contributed by atoms with van der Waals surface area (Å²) in [4.78, 5) is 10.1. The second kappa shape index (κ2) is 13.8. The number of ether oxygens (including phenoxy) is 2. The summed E-state index contributed by atoms with van der Waals surface area (Å²) in [6, 6.07) is 21.1. The molecule has 2 aliphatic heterocycles. The van der Waals surface area contributed by atoms with Crippen molar-refractivity contribution in [3.8, 4) is 0 Å². The fraction of sp³-hybridized carbons (Fsp3) is 0.400. The van der Waals surface area contributed by atoms with Crippen molar-refractivity contribution in [3.63, 3.8) is 0 Å². The van der Waals surface area contributed by atoms with E-state index in [0.29, 0.717) is 11.6 Å². The second-order valence-electron chi connectivity index (χ2n) is 11.7. The Bertz CT molecular complexity index is 1680. The zero-order valence-corrected chi connectivity index (χ0v) is 25.4. The van der Waals surface area contributed by atoms with Gasteiger partial charge in [-0.25, -0.2) is 4.99 Å². The Kier molecular flexibility index (Phi) is 9.06. The summed E-state index contributed by atoms with van der Waals surface area (Å²) in [6.07, 6.45) is 8.29. The number of aryl methyl sites for hydroxylation is 2. The van der Waals surface area contributed by atoms with Crippen LogP contribution in [0.3, 0.4) is 0 Å². The van der Waals surface area contributed by atoms with E-state index in [4.69, 9.17) is 18.9 Å². The second-order valence-corrected chi connectivity index (χ2v) is 11.7. The van der Waals surface area contributed by atoms with E-state index in [9.17, 15) is 0 Å². The average molecular weight is 595 g/mol. The van der Waals surface area contributed by atoms with Gasteiger partial charge in [0.15, 0.2) is 11.6 Å². The summed E-state index contributed by atoms with van der Waals surface area (Å²) in [5.41, 5.74) is 4.28. The zero-order chi connectivity index (χ0) is 29.6. The molecule has 230 valence electrons. The van der Waals surface area contributed by atoms with Crippen LogP contribution in [-0.2, 0) is 22.6 Å². The maximum atomic E-state index is 5.82. The van der Waals surface area contributed by atoms with Gasteiger partial charge in [-0.15, -0.1) is 0 Å². The van der Waals surface area contributed by atoms with Crippen molar-refractivity contribution in [1.82, 2.24) is 18.9 Å². The number of fused-ring (bicyclic) bond motifs is 2. The smallest absolute Gasteiger partial charge is 0.174 e. The molecule has 0 atom stereocenters. The van der Waals surface area contributed by atoms with E-state index in [1.54, 1.807) is 6.26 Å². The minimum absolute atomic E-state index is 0.685. The number of aromatic nitrogens is 2. The van der Waals surface area contributed by atoms with Crippen molar-refractivity contribution in [2.45, 2.75) is 25.9 Å². The number of rotatable bonds is 11. The highest BCUT2D eigenvalue weighted by Crippen LogP contribution is 2.26. The molecule has 44 heavy (non-hydrogen) atoms. The molecule has 7 rings (SSSR count). The first-order valence-electron chi connectivity index (χ1n) is 16.0. The first-order valence-corrected chi connectivity index (χ1v) is 16.0. The van der Waals surface area contributed by atoms with E-state index < -0.39 is 0 Å². The third-order valence-electron chi connectivity index (χ3n) is 8.74. The average Bonchev–Trinajstić information content (AvgIpc) is 3.83. The topological polar surface area (TPSA) is 72.3 Å². The van der Waals surface area contributed by atoms with Crippen LogP contribution in [0, 0.1) is 0 Å². The van der Waals surface area contributed by atoms with Crippen molar-refractivity contribution in [1.29, 1.82) is 0 Å². The Hall–Kier alpha value is -3.89. The summed E-state index contributed by atoms with van der Waals surface area (Å²) in [7, 11) is 0. The normalized spacial score (nSPS) is 17.1. The first-order chi connectivity index (χ1) is 21.8. The van der Waals surface area contributed by atoms with Crippen LogP contribution in [-0.4, -0.2) is 90.5 Å². The molecule has 5 aromatic rings. The van der Waals surface area contributed by atoms with Crippen molar-refractivity contribution >= 4 is 39.0 Å². The van der Waals surface area contributed by atoms with Crippen molar-refractivity contribution in [2.24, 2.45) is 4.99 Å². The van der Waals surface area contributed by atoms with Crippen molar-refractivity contribution in [3.05, 3.63) is 85.1 Å². The van der Waals surface area contributed by atoms with E-state index in [2.05, 4.69) is 85.2 Å². The number of nitrogens with one attached hydrogen (secondary N) is 1. The third-order valence-corrected chi connectivity index (χ3v) is 8.74. The van der Waals surface area contributed by atoms with Gasteiger partial charge in [-0.2, -0.15) is 0 Å². The van der Waals surface area contributed by atoms with Gasteiger partial charge in [-0.1, -0.05) is 12.1 Å². The van der Waals surface area contributed by atoms with E-state index in [-0.39, 0.29) is 0 Å². The Morgan fingerprint density at radius 2 is 1.30 bits per heavy atom. The van der Waals surface area contributed by atoms with Crippen LogP contribution in [0.2, 0.25) is 0 Å². The fourth-order valence-corrected chi connectivity index (χ4v) is 6.30. The van der Waals surface area contributed by atoms with Gasteiger partial charge in [0.25, 0.3) is 0 Å². The molecule has 2 fully saturated rings. The molecule has 0 aliphatic carbocycles. The van der Waals surface area contributed by atoms with Crippen molar-refractivity contribution in [2.75, 3.05) is 71.0 Å². The quantitative estimate of drug-likeness (QED) is 0.153. The number of nitrogens with zero attached hydrogens (tertiary/aromatic N) is 5. The Labute approximate surface area is 258 Å². The maximum absolute atomic E-state index is 5.82. The largest absolute Gasteiger partial charge is 0.461 e. The number of furan rings is 1. The van der Waals surface area contributed by atoms with Crippen LogP contribution in [0.5, 0.6) is 0 Å². The van der Waals surface area contributed by atoms with Gasteiger partial charge >= 0.3 is 0 Å². The summed E-state index contributed by atoms with van der Waals surface area (Å²) >= 11 is 0. The number of hydrogen-bond acceptors (Lipinski definition) is 6. The highest BCUT2D eigenvalue weighted by molar-refractivity contribution is 6.08. The molecular formula is C35H42N6O3. The molecule has 9 heteroatoms. The maximum Gasteiger partial charge on any atom is 0.174 e. The SMILES string of the molecule is c1coc(C(=Nc2ccc3ccn(CCCN4CCOCC4)c3c2)Nc2ccc3ccn(CCCN4CCOCC4)c3c2)c1. The molecule has 5 heterocycles. The minimum atomic E-state index is 0.685. The van der Waals surface area contributed by atoms with Gasteiger partial charge in [0.05, 0.1) is 49.4 Å². The molecule has 2 aromatic carbocycles. The summed E-state index contributed by atoms with van der Waals surface area (Å²) < 4.78 is 21.5. The van der Waals surface area contributed by atoms with E-state index in [0.717, 1.165) is 103 Å². The standard InChI is InChI=1S/C35H42N6O3/c1-4-34(44-21-1)35(36-30-7-5-28-9-15-40(32(28)26-30)13-2-11-38-17-22-42-23-18-38)37-31-8-6-29-10-16-41(33(29)27-31)14-3-12-39-19-24-43-25-20-39/h1,4-10,15-16,21,26-27H,2-3,11-14,17-20,22-25H2,(H,36,37). The number of amidine groups is 1. The minimum Gasteiger partial charge on any atom is -0.461 e. The molecular weight excluding hydrogens is 552 g/mol. The molecule has 9 nitrogen and oxygen atoms in total. The molecule has 2 saturated heterocycles. The summed E-state index contributed by atoms with van der Waals surface area (Å²) in [5, 5.41) is 6.03. The first kappa shape index (κ1) is 28.9. The molecule has 0 unspecified atom stereocenters. The number of benzene rings is 2. The van der Waals surface area contributed by atoms with E-state index in [1.165, 1.54) is 21.8 Å².